The molecule has 0 aliphatic heterocycles. The number of aliphatic hydroxyl groups is 1. The van der Waals surface area contributed by atoms with Gasteiger partial charge < -0.3 is 24.4 Å². The number of rotatable bonds is 38. The average molecular weight is 793 g/mol. The summed E-state index contributed by atoms with van der Waals surface area (Å²) in [5, 5.41) is 10.1. The van der Waals surface area contributed by atoms with Gasteiger partial charge in [0, 0.05) is 12.8 Å². The fourth-order valence-electron chi connectivity index (χ4n) is 5.66. The second kappa shape index (κ2) is 39.7. The van der Waals surface area contributed by atoms with Gasteiger partial charge in [0.1, 0.15) is 6.61 Å². The SMILES string of the molecule is CC/C=C\C/C=C\C/C=C\C/C=C\C=C/C(O)C/C=C\CCC(=O)OC[C@H](COP(=O)(O)O)OC(=O)CCCCCCCCCCCCCCCCCCC. The lowest BCUT2D eigenvalue weighted by molar-refractivity contribution is -0.161. The molecular formula is C45H77O9P. The Morgan fingerprint density at radius 1 is 0.582 bits per heavy atom. The molecule has 3 N–H and O–H groups in total. The summed E-state index contributed by atoms with van der Waals surface area (Å²) in [6, 6.07) is 0. The number of aliphatic hydroxyl groups excluding tert-OH is 1. The minimum Gasteiger partial charge on any atom is -0.462 e. The van der Waals surface area contributed by atoms with E-state index in [2.05, 4.69) is 54.8 Å². The molecule has 0 spiro atoms. The quantitative estimate of drug-likeness (QED) is 0.0183. The smallest absolute Gasteiger partial charge is 0.462 e. The number of carbonyl (C=O) groups excluding carboxylic acids is 2. The number of ether oxygens (including phenoxy) is 2. The van der Waals surface area contributed by atoms with Crippen LogP contribution in [-0.2, 0) is 28.2 Å². The number of phosphoric ester groups is 1. The lowest BCUT2D eigenvalue weighted by atomic mass is 10.0. The van der Waals surface area contributed by atoms with Gasteiger partial charge in [0.25, 0.3) is 0 Å². The van der Waals surface area contributed by atoms with E-state index in [-0.39, 0.29) is 19.4 Å². The van der Waals surface area contributed by atoms with Crippen molar-refractivity contribution < 1.29 is 43.0 Å². The summed E-state index contributed by atoms with van der Waals surface area (Å²) >= 11 is 0. The molecule has 55 heavy (non-hydrogen) atoms. The Bertz CT molecular complexity index is 1140. The number of carbonyl (C=O) groups is 2. The van der Waals surface area contributed by atoms with Gasteiger partial charge >= 0.3 is 19.8 Å². The fourth-order valence-corrected chi connectivity index (χ4v) is 6.02. The molecule has 0 amide bonds. The van der Waals surface area contributed by atoms with Crippen LogP contribution in [0.5, 0.6) is 0 Å². The molecule has 0 aromatic rings. The van der Waals surface area contributed by atoms with Crippen LogP contribution < -0.4 is 0 Å². The Morgan fingerprint density at radius 3 is 1.62 bits per heavy atom. The van der Waals surface area contributed by atoms with Crippen molar-refractivity contribution in [1.29, 1.82) is 0 Å². The van der Waals surface area contributed by atoms with Gasteiger partial charge in [0.2, 0.25) is 0 Å². The molecular weight excluding hydrogens is 715 g/mol. The standard InChI is InChI=1S/C45H77O9P/c1-3-5-7-9-11-13-15-17-18-19-20-22-24-26-28-30-34-39-45(48)54-43(41-53-55(49,50)51)40-52-44(47)38-35-31-33-37-42(46)36-32-29-27-25-23-21-16-14-12-10-8-6-4-2/h6,8,12,14,21,23,27,29,31-33,36,42-43,46H,3-5,7,9-11,13,15-20,22,24-26,28,30,34-35,37-41H2,1-2H3,(H2,49,50,51)/b8-6-,14-12-,23-21-,29-27-,33-31-,36-32-/t42?,43-/m1/s1. The van der Waals surface area contributed by atoms with Gasteiger partial charge in [-0.2, -0.15) is 0 Å². The minimum atomic E-state index is -4.80. The van der Waals surface area contributed by atoms with E-state index < -0.39 is 38.6 Å². The minimum absolute atomic E-state index is 0.0592. The molecule has 0 saturated carbocycles. The number of esters is 2. The first kappa shape index (κ1) is 52.5. The van der Waals surface area contributed by atoms with E-state index in [4.69, 9.17) is 19.3 Å². The number of allylic oxidation sites excluding steroid dienone is 10. The maximum absolute atomic E-state index is 12.4. The van der Waals surface area contributed by atoms with E-state index in [9.17, 15) is 19.3 Å². The highest BCUT2D eigenvalue weighted by Crippen LogP contribution is 2.36. The van der Waals surface area contributed by atoms with Crippen molar-refractivity contribution in [3.63, 3.8) is 0 Å². The highest BCUT2D eigenvalue weighted by atomic mass is 31.2. The average Bonchev–Trinajstić information content (AvgIpc) is 3.15. The van der Waals surface area contributed by atoms with Crippen LogP contribution in [0.3, 0.4) is 0 Å². The Balaban J connectivity index is 4.12. The van der Waals surface area contributed by atoms with Crippen molar-refractivity contribution in [1.82, 2.24) is 0 Å². The van der Waals surface area contributed by atoms with Crippen molar-refractivity contribution in [2.75, 3.05) is 13.2 Å². The van der Waals surface area contributed by atoms with Gasteiger partial charge in [-0.3, -0.25) is 14.1 Å². The van der Waals surface area contributed by atoms with Gasteiger partial charge in [0.15, 0.2) is 6.10 Å². The molecule has 0 aliphatic carbocycles. The van der Waals surface area contributed by atoms with E-state index in [0.717, 1.165) is 44.9 Å². The highest BCUT2D eigenvalue weighted by Gasteiger charge is 2.22. The number of hydrogen-bond donors (Lipinski definition) is 3. The van der Waals surface area contributed by atoms with Gasteiger partial charge in [-0.25, -0.2) is 4.57 Å². The van der Waals surface area contributed by atoms with Gasteiger partial charge in [0.05, 0.1) is 12.7 Å². The third kappa shape index (κ3) is 42.4. The first-order valence-electron chi connectivity index (χ1n) is 21.3. The van der Waals surface area contributed by atoms with Crippen molar-refractivity contribution in [3.05, 3.63) is 72.9 Å². The molecule has 0 aromatic heterocycles. The summed E-state index contributed by atoms with van der Waals surface area (Å²) in [5.41, 5.74) is 0. The second-order valence-corrected chi connectivity index (χ2v) is 15.4. The van der Waals surface area contributed by atoms with Crippen LogP contribution in [0.15, 0.2) is 72.9 Å². The summed E-state index contributed by atoms with van der Waals surface area (Å²) in [6.07, 6.45) is 48.0. The van der Waals surface area contributed by atoms with Crippen LogP contribution in [0, 0.1) is 0 Å². The van der Waals surface area contributed by atoms with Crippen LogP contribution in [0.4, 0.5) is 0 Å². The maximum atomic E-state index is 12.4. The molecule has 0 fully saturated rings. The lowest BCUT2D eigenvalue weighted by Gasteiger charge is -2.18. The van der Waals surface area contributed by atoms with Crippen molar-refractivity contribution in [2.45, 2.75) is 187 Å². The van der Waals surface area contributed by atoms with Crippen LogP contribution >= 0.6 is 7.82 Å². The largest absolute Gasteiger partial charge is 0.469 e. The van der Waals surface area contributed by atoms with Gasteiger partial charge in [-0.05, 0) is 44.9 Å². The van der Waals surface area contributed by atoms with E-state index in [1.807, 2.05) is 18.2 Å². The van der Waals surface area contributed by atoms with E-state index in [0.29, 0.717) is 19.3 Å². The van der Waals surface area contributed by atoms with E-state index in [1.54, 1.807) is 18.2 Å². The van der Waals surface area contributed by atoms with E-state index >= 15 is 0 Å². The monoisotopic (exact) mass is 793 g/mol. The van der Waals surface area contributed by atoms with Gasteiger partial charge in [-0.1, -0.05) is 189 Å². The summed E-state index contributed by atoms with van der Waals surface area (Å²) < 4.78 is 26.3. The summed E-state index contributed by atoms with van der Waals surface area (Å²) in [5.74, 6) is -1.07. The Labute approximate surface area is 334 Å². The van der Waals surface area contributed by atoms with Crippen molar-refractivity contribution >= 4 is 19.8 Å². The topological polar surface area (TPSA) is 140 Å². The highest BCUT2D eigenvalue weighted by molar-refractivity contribution is 7.46. The van der Waals surface area contributed by atoms with Crippen LogP contribution in [0.25, 0.3) is 0 Å². The molecule has 316 valence electrons. The fraction of sp³-hybridized carbons (Fsp3) is 0.689. The normalized spacial score (nSPS) is 13.8. The Morgan fingerprint density at radius 2 is 1.09 bits per heavy atom. The molecule has 9 nitrogen and oxygen atoms in total. The molecule has 1 unspecified atom stereocenters. The molecule has 0 heterocycles. The molecule has 2 atom stereocenters. The summed E-state index contributed by atoms with van der Waals surface area (Å²) in [4.78, 5) is 42.9. The zero-order chi connectivity index (χ0) is 40.5. The van der Waals surface area contributed by atoms with Crippen molar-refractivity contribution in [2.24, 2.45) is 0 Å². The second-order valence-electron chi connectivity index (χ2n) is 14.1. The van der Waals surface area contributed by atoms with Crippen LogP contribution in [-0.4, -0.2) is 52.3 Å². The maximum Gasteiger partial charge on any atom is 0.469 e. The molecule has 0 aromatic carbocycles. The predicted octanol–water partition coefficient (Wildman–Crippen LogP) is 12.0. The van der Waals surface area contributed by atoms with Crippen LogP contribution in [0.1, 0.15) is 174 Å². The molecule has 0 aliphatic rings. The van der Waals surface area contributed by atoms with Crippen LogP contribution in [0.2, 0.25) is 0 Å². The molecule has 0 saturated heterocycles. The predicted molar refractivity (Wildman–Crippen MR) is 226 cm³/mol. The zero-order valence-electron chi connectivity index (χ0n) is 34.4. The van der Waals surface area contributed by atoms with Gasteiger partial charge in [-0.15, -0.1) is 0 Å². The molecule has 10 heteroatoms. The third-order valence-electron chi connectivity index (χ3n) is 8.83. The van der Waals surface area contributed by atoms with E-state index in [1.165, 1.54) is 83.5 Å². The zero-order valence-corrected chi connectivity index (χ0v) is 35.3. The number of unbranched alkanes of at least 4 members (excludes halogenated alkanes) is 16. The third-order valence-corrected chi connectivity index (χ3v) is 9.32. The number of hydrogen-bond acceptors (Lipinski definition) is 7. The first-order valence-corrected chi connectivity index (χ1v) is 22.9. The molecule has 0 radical (unpaired) electrons. The molecule has 0 bridgehead atoms. The Kier molecular flexibility index (Phi) is 37.8. The number of phosphoric acid groups is 1. The lowest BCUT2D eigenvalue weighted by Crippen LogP contribution is -2.29. The molecule has 0 rings (SSSR count). The summed E-state index contributed by atoms with van der Waals surface area (Å²) in [6.45, 7) is 3.43. The van der Waals surface area contributed by atoms with Crippen molar-refractivity contribution in [3.8, 4) is 0 Å². The first-order chi connectivity index (χ1) is 26.7. The Hall–Kier alpha value is -2.55. The summed E-state index contributed by atoms with van der Waals surface area (Å²) in [7, 11) is -4.80.